The Morgan fingerprint density at radius 3 is 2.41 bits per heavy atom. The van der Waals surface area contributed by atoms with E-state index in [1.165, 1.54) is 11.6 Å². The fourth-order valence-electron chi connectivity index (χ4n) is 5.40. The fourth-order valence-corrected chi connectivity index (χ4v) is 5.98. The molecule has 3 aromatic rings. The van der Waals surface area contributed by atoms with Gasteiger partial charge in [0.05, 0.1) is 17.6 Å². The van der Waals surface area contributed by atoms with Gasteiger partial charge >= 0.3 is 0 Å². The third kappa shape index (κ3) is 11.3. The van der Waals surface area contributed by atoms with E-state index in [-0.39, 0.29) is 4.90 Å². The molecule has 1 atom stereocenters. The molecule has 0 amide bonds. The first kappa shape index (κ1) is 34.1. The number of hydrogen-bond donors (Lipinski definition) is 2. The molecule has 1 aliphatic rings. The van der Waals surface area contributed by atoms with Gasteiger partial charge in [-0.05, 0) is 79.6 Å². The summed E-state index contributed by atoms with van der Waals surface area (Å²) in [4.78, 5) is 2.50. The van der Waals surface area contributed by atoms with E-state index >= 15 is 0 Å². The molecule has 0 aliphatic carbocycles. The standard InChI is InChI=1S/C35H48N2O6S/c1-35(2)42-27-31-24-30(18-19-34(31)43-35)33(38)26-37(25-29-14-6-5-7-15-29)20-9-3-4-10-21-41-22-11-8-13-28-16-12-17-32(23-28)44(36,39)40/h5-7,12,14-19,23-24,33,38H,3-4,8-11,13,20-22,25-27H2,1-2H3,(H2,36,39,40)/t33-/m1/s1. The topological polar surface area (TPSA) is 111 Å². The Morgan fingerprint density at radius 2 is 1.64 bits per heavy atom. The fraction of sp³-hybridized carbons (Fsp3) is 0.486. The molecule has 0 bridgehead atoms. The Hall–Kier alpha value is -2.79. The third-order valence-electron chi connectivity index (χ3n) is 7.82. The molecule has 0 spiro atoms. The number of unbranched alkanes of at least 4 members (excludes halogenated alkanes) is 4. The van der Waals surface area contributed by atoms with Gasteiger partial charge in [0.25, 0.3) is 0 Å². The highest BCUT2D eigenvalue weighted by molar-refractivity contribution is 7.89. The number of ether oxygens (including phenoxy) is 3. The van der Waals surface area contributed by atoms with E-state index in [0.29, 0.717) is 19.8 Å². The van der Waals surface area contributed by atoms with Crippen molar-refractivity contribution in [1.29, 1.82) is 0 Å². The van der Waals surface area contributed by atoms with Crippen LogP contribution in [-0.4, -0.2) is 50.5 Å². The van der Waals surface area contributed by atoms with Crippen LogP contribution in [0.25, 0.3) is 0 Å². The van der Waals surface area contributed by atoms with Crippen molar-refractivity contribution >= 4 is 10.0 Å². The quantitative estimate of drug-likeness (QED) is 0.164. The van der Waals surface area contributed by atoms with Crippen molar-refractivity contribution in [1.82, 2.24) is 4.90 Å². The van der Waals surface area contributed by atoms with Crippen LogP contribution >= 0.6 is 0 Å². The predicted molar refractivity (Wildman–Crippen MR) is 173 cm³/mol. The number of hydrogen-bond acceptors (Lipinski definition) is 7. The number of benzene rings is 3. The summed E-state index contributed by atoms with van der Waals surface area (Å²) in [6.45, 7) is 7.98. The van der Waals surface area contributed by atoms with Gasteiger partial charge in [-0.3, -0.25) is 4.90 Å². The molecule has 240 valence electrons. The Morgan fingerprint density at radius 1 is 0.909 bits per heavy atom. The average molecular weight is 625 g/mol. The van der Waals surface area contributed by atoms with Crippen LogP contribution in [0.3, 0.4) is 0 Å². The van der Waals surface area contributed by atoms with E-state index in [1.54, 1.807) is 12.1 Å². The van der Waals surface area contributed by atoms with Crippen molar-refractivity contribution in [3.05, 3.63) is 95.1 Å². The minimum atomic E-state index is -3.67. The van der Waals surface area contributed by atoms with Gasteiger partial charge < -0.3 is 19.3 Å². The molecule has 4 rings (SSSR count). The molecule has 0 aromatic heterocycles. The number of nitrogens with two attached hydrogens (primary N) is 1. The lowest BCUT2D eigenvalue weighted by Gasteiger charge is -2.33. The summed E-state index contributed by atoms with van der Waals surface area (Å²) in [5.74, 6) is 0.177. The second-order valence-corrected chi connectivity index (χ2v) is 13.6. The smallest absolute Gasteiger partial charge is 0.238 e. The summed E-state index contributed by atoms with van der Waals surface area (Å²) in [5.41, 5.74) is 4.05. The van der Waals surface area contributed by atoms with Crippen molar-refractivity contribution < 1.29 is 27.7 Å². The number of aliphatic hydroxyl groups is 1. The van der Waals surface area contributed by atoms with Crippen molar-refractivity contribution in [2.45, 2.75) is 88.7 Å². The summed E-state index contributed by atoms with van der Waals surface area (Å²) < 4.78 is 40.6. The lowest BCUT2D eigenvalue weighted by atomic mass is 10.0. The van der Waals surface area contributed by atoms with Crippen LogP contribution in [0.15, 0.2) is 77.7 Å². The van der Waals surface area contributed by atoms with Crippen LogP contribution in [0.5, 0.6) is 5.75 Å². The zero-order valence-electron chi connectivity index (χ0n) is 26.1. The van der Waals surface area contributed by atoms with Crippen molar-refractivity contribution in [3.8, 4) is 5.75 Å². The van der Waals surface area contributed by atoms with Crippen molar-refractivity contribution in [3.63, 3.8) is 0 Å². The van der Waals surface area contributed by atoms with Crippen LogP contribution < -0.4 is 9.88 Å². The van der Waals surface area contributed by atoms with E-state index in [2.05, 4.69) is 29.2 Å². The SMILES string of the molecule is CC1(C)OCc2cc([C@H](O)CN(CCCCCCOCCCCc3cccc(S(N)(=O)=O)c3)Cc3ccccc3)ccc2O1. The Labute approximate surface area is 263 Å². The molecule has 9 heteroatoms. The van der Waals surface area contributed by atoms with E-state index in [9.17, 15) is 13.5 Å². The highest BCUT2D eigenvalue weighted by atomic mass is 32.2. The molecule has 0 saturated carbocycles. The normalized spacial score (nSPS) is 15.1. The number of sulfonamides is 1. The molecular weight excluding hydrogens is 576 g/mol. The molecule has 3 aromatic carbocycles. The number of fused-ring (bicyclic) bond motifs is 1. The van der Waals surface area contributed by atoms with Crippen LogP contribution in [0, 0.1) is 0 Å². The first-order valence-electron chi connectivity index (χ1n) is 15.7. The van der Waals surface area contributed by atoms with Crippen molar-refractivity contribution in [2.24, 2.45) is 5.14 Å². The van der Waals surface area contributed by atoms with Gasteiger partial charge in [0.15, 0.2) is 0 Å². The summed E-state index contributed by atoms with van der Waals surface area (Å²) in [7, 11) is -3.67. The minimum absolute atomic E-state index is 0.162. The minimum Gasteiger partial charge on any atom is -0.463 e. The summed E-state index contributed by atoms with van der Waals surface area (Å²) in [6.07, 6.45) is 6.34. The highest BCUT2D eigenvalue weighted by Gasteiger charge is 2.28. The maximum atomic E-state index is 11.5. The molecule has 3 N–H and O–H groups in total. The second-order valence-electron chi connectivity index (χ2n) is 12.1. The van der Waals surface area contributed by atoms with Crippen LogP contribution in [0.4, 0.5) is 0 Å². The zero-order valence-corrected chi connectivity index (χ0v) is 26.9. The molecular formula is C35H48N2O6S. The monoisotopic (exact) mass is 624 g/mol. The Kier molecular flexibility index (Phi) is 12.8. The van der Waals surface area contributed by atoms with Gasteiger partial charge in [-0.25, -0.2) is 13.6 Å². The largest absolute Gasteiger partial charge is 0.463 e. The average Bonchev–Trinajstić information content (AvgIpc) is 2.99. The number of rotatable bonds is 18. The van der Waals surface area contributed by atoms with Gasteiger partial charge in [0.1, 0.15) is 5.75 Å². The summed E-state index contributed by atoms with van der Waals surface area (Å²) in [5, 5.41) is 16.4. The molecule has 1 aliphatic heterocycles. The van der Waals surface area contributed by atoms with Gasteiger partial charge in [-0.2, -0.15) is 0 Å². The van der Waals surface area contributed by atoms with E-state index < -0.39 is 21.9 Å². The lowest BCUT2D eigenvalue weighted by Crippen LogP contribution is -2.35. The number of nitrogens with zero attached hydrogens (tertiary/aromatic N) is 1. The number of aryl methyl sites for hydroxylation is 1. The molecule has 0 saturated heterocycles. The first-order chi connectivity index (χ1) is 21.1. The maximum absolute atomic E-state index is 11.5. The van der Waals surface area contributed by atoms with Gasteiger partial charge in [-0.15, -0.1) is 0 Å². The van der Waals surface area contributed by atoms with E-state index in [1.807, 2.05) is 44.2 Å². The number of primary sulfonamides is 1. The summed E-state index contributed by atoms with van der Waals surface area (Å²) >= 11 is 0. The molecule has 0 radical (unpaired) electrons. The third-order valence-corrected chi connectivity index (χ3v) is 8.74. The Balaban J connectivity index is 1.14. The molecule has 0 fully saturated rings. The number of aliphatic hydroxyl groups excluding tert-OH is 1. The van der Waals surface area contributed by atoms with Crippen LogP contribution in [-0.2, 0) is 39.1 Å². The molecule has 8 nitrogen and oxygen atoms in total. The molecule has 0 unspecified atom stereocenters. The van der Waals surface area contributed by atoms with Gasteiger partial charge in [0.2, 0.25) is 15.8 Å². The first-order valence-corrected chi connectivity index (χ1v) is 17.2. The molecule has 44 heavy (non-hydrogen) atoms. The highest BCUT2D eigenvalue weighted by Crippen LogP contribution is 2.33. The van der Waals surface area contributed by atoms with Crippen LogP contribution in [0.2, 0.25) is 0 Å². The van der Waals surface area contributed by atoms with Crippen LogP contribution in [0.1, 0.15) is 80.7 Å². The van der Waals surface area contributed by atoms with E-state index in [0.717, 1.165) is 87.1 Å². The Bertz CT molecular complexity index is 1410. The van der Waals surface area contributed by atoms with Gasteiger partial charge in [-0.1, -0.05) is 61.4 Å². The second kappa shape index (κ2) is 16.5. The molecule has 1 heterocycles. The zero-order chi connectivity index (χ0) is 31.4. The lowest BCUT2D eigenvalue weighted by molar-refractivity contribution is -0.180. The van der Waals surface area contributed by atoms with Crippen molar-refractivity contribution in [2.75, 3.05) is 26.3 Å². The predicted octanol–water partition coefficient (Wildman–Crippen LogP) is 6.11. The van der Waals surface area contributed by atoms with Gasteiger partial charge in [0, 0.05) is 45.7 Å². The maximum Gasteiger partial charge on any atom is 0.238 e. The summed E-state index contributed by atoms with van der Waals surface area (Å²) in [6, 6.07) is 23.1. The van der Waals surface area contributed by atoms with E-state index in [4.69, 9.17) is 19.3 Å².